The van der Waals surface area contributed by atoms with E-state index in [4.69, 9.17) is 14.5 Å². The van der Waals surface area contributed by atoms with E-state index in [1.807, 2.05) is 23.5 Å². The molecule has 0 amide bonds. The van der Waals surface area contributed by atoms with Gasteiger partial charge in [0.2, 0.25) is 0 Å². The van der Waals surface area contributed by atoms with Gasteiger partial charge in [-0.3, -0.25) is 9.89 Å². The van der Waals surface area contributed by atoms with Crippen LogP contribution >= 0.6 is 35.3 Å². The molecule has 1 aliphatic heterocycles. The number of nitrogens with zero attached hydrogens (tertiary/aromatic N) is 2. The van der Waals surface area contributed by atoms with Gasteiger partial charge in [-0.25, -0.2) is 0 Å². The molecule has 2 heterocycles. The van der Waals surface area contributed by atoms with E-state index in [2.05, 4.69) is 46.0 Å². The molecular formula is C23H35IN4O2S. The number of aliphatic imine (C=N–C) groups is 1. The standard InChI is InChI=1S/C23H34N4O2S.HI/c1-4-24-23(25-12-11-18-9-10-20(28-2)21(16-18)29-3)26-17-19(22-8-7-15-30-22)27-13-5-6-14-27;/h7-10,15-16,19H,4-6,11-14,17H2,1-3H3,(H2,24,25,26);1H. The molecule has 172 valence electrons. The summed E-state index contributed by atoms with van der Waals surface area (Å²) in [5, 5.41) is 9.02. The molecule has 1 aromatic carbocycles. The molecule has 0 saturated carbocycles. The van der Waals surface area contributed by atoms with Crippen LogP contribution in [0.5, 0.6) is 11.5 Å². The summed E-state index contributed by atoms with van der Waals surface area (Å²) in [5.74, 6) is 2.39. The Morgan fingerprint density at radius 2 is 1.90 bits per heavy atom. The second-order valence-corrected chi connectivity index (χ2v) is 8.34. The number of rotatable bonds is 10. The molecule has 2 N–H and O–H groups in total. The van der Waals surface area contributed by atoms with E-state index < -0.39 is 0 Å². The van der Waals surface area contributed by atoms with Gasteiger partial charge in [0.25, 0.3) is 0 Å². The Hall–Kier alpha value is -1.52. The number of nitrogens with one attached hydrogen (secondary N) is 2. The van der Waals surface area contributed by atoms with Crippen LogP contribution in [-0.4, -0.2) is 57.8 Å². The highest BCUT2D eigenvalue weighted by Gasteiger charge is 2.24. The number of guanidine groups is 1. The SMILES string of the molecule is CCNC(=NCC(c1cccs1)N1CCCC1)NCCc1ccc(OC)c(OC)c1.I. The second kappa shape index (κ2) is 13.8. The quantitative estimate of drug-likeness (QED) is 0.259. The third-order valence-electron chi connectivity index (χ3n) is 5.37. The summed E-state index contributed by atoms with van der Waals surface area (Å²) < 4.78 is 10.7. The van der Waals surface area contributed by atoms with Crippen molar-refractivity contribution in [3.05, 3.63) is 46.2 Å². The number of likely N-dealkylation sites (tertiary alicyclic amines) is 1. The van der Waals surface area contributed by atoms with Crippen molar-refractivity contribution in [2.24, 2.45) is 4.99 Å². The van der Waals surface area contributed by atoms with Crippen molar-refractivity contribution < 1.29 is 9.47 Å². The highest BCUT2D eigenvalue weighted by Crippen LogP contribution is 2.29. The Kier molecular flexibility index (Phi) is 11.5. The zero-order chi connectivity index (χ0) is 21.2. The molecule has 1 aromatic heterocycles. The van der Waals surface area contributed by atoms with Crippen LogP contribution in [0.1, 0.15) is 36.2 Å². The fourth-order valence-corrected chi connectivity index (χ4v) is 4.65. The lowest BCUT2D eigenvalue weighted by molar-refractivity contribution is 0.255. The maximum atomic E-state index is 5.41. The van der Waals surface area contributed by atoms with E-state index in [9.17, 15) is 0 Å². The first-order valence-corrected chi connectivity index (χ1v) is 11.6. The smallest absolute Gasteiger partial charge is 0.191 e. The first-order valence-electron chi connectivity index (χ1n) is 10.8. The molecule has 8 heteroatoms. The van der Waals surface area contributed by atoms with Crippen LogP contribution in [0.4, 0.5) is 0 Å². The van der Waals surface area contributed by atoms with Gasteiger partial charge in [0.15, 0.2) is 17.5 Å². The van der Waals surface area contributed by atoms with Crippen molar-refractivity contribution in [3.63, 3.8) is 0 Å². The molecule has 1 aliphatic rings. The summed E-state index contributed by atoms with van der Waals surface area (Å²) in [6.45, 7) is 6.85. The predicted molar refractivity (Wildman–Crippen MR) is 141 cm³/mol. The van der Waals surface area contributed by atoms with Gasteiger partial charge in [0.05, 0.1) is 26.8 Å². The van der Waals surface area contributed by atoms with Crippen LogP contribution in [0.15, 0.2) is 40.7 Å². The predicted octanol–water partition coefficient (Wildman–Crippen LogP) is 4.32. The van der Waals surface area contributed by atoms with Crippen molar-refractivity contribution in [3.8, 4) is 11.5 Å². The van der Waals surface area contributed by atoms with Gasteiger partial charge in [-0.1, -0.05) is 12.1 Å². The molecule has 3 rings (SSSR count). The number of halogens is 1. The number of thiophene rings is 1. The number of hydrogen-bond donors (Lipinski definition) is 2. The van der Waals surface area contributed by atoms with Gasteiger partial charge in [-0.05, 0) is 68.4 Å². The number of hydrogen-bond acceptors (Lipinski definition) is 5. The van der Waals surface area contributed by atoms with Crippen molar-refractivity contribution in [1.29, 1.82) is 0 Å². The largest absolute Gasteiger partial charge is 0.493 e. The Morgan fingerprint density at radius 3 is 2.55 bits per heavy atom. The van der Waals surface area contributed by atoms with Gasteiger partial charge in [0, 0.05) is 18.0 Å². The van der Waals surface area contributed by atoms with Crippen LogP contribution < -0.4 is 20.1 Å². The van der Waals surface area contributed by atoms with Crippen LogP contribution in [0.2, 0.25) is 0 Å². The minimum absolute atomic E-state index is 0. The second-order valence-electron chi connectivity index (χ2n) is 7.36. The molecule has 2 aromatic rings. The molecule has 31 heavy (non-hydrogen) atoms. The third-order valence-corrected chi connectivity index (χ3v) is 6.35. The number of benzene rings is 1. The third kappa shape index (κ3) is 7.54. The van der Waals surface area contributed by atoms with E-state index >= 15 is 0 Å². The minimum atomic E-state index is 0. The molecule has 1 fully saturated rings. The van der Waals surface area contributed by atoms with Gasteiger partial charge >= 0.3 is 0 Å². The summed E-state index contributed by atoms with van der Waals surface area (Å²) in [6.07, 6.45) is 3.45. The van der Waals surface area contributed by atoms with E-state index in [-0.39, 0.29) is 24.0 Å². The van der Waals surface area contributed by atoms with E-state index in [1.54, 1.807) is 14.2 Å². The van der Waals surface area contributed by atoms with Crippen LogP contribution in [0.3, 0.4) is 0 Å². The first-order chi connectivity index (χ1) is 14.7. The minimum Gasteiger partial charge on any atom is -0.493 e. The molecule has 0 spiro atoms. The summed E-state index contributed by atoms with van der Waals surface area (Å²) in [5.41, 5.74) is 1.20. The zero-order valence-corrected chi connectivity index (χ0v) is 21.9. The van der Waals surface area contributed by atoms with Crippen LogP contribution in [0, 0.1) is 0 Å². The molecule has 6 nitrogen and oxygen atoms in total. The highest BCUT2D eigenvalue weighted by molar-refractivity contribution is 14.0. The van der Waals surface area contributed by atoms with Crippen molar-refractivity contribution in [2.75, 3.05) is 46.9 Å². The monoisotopic (exact) mass is 558 g/mol. The maximum absolute atomic E-state index is 5.41. The van der Waals surface area contributed by atoms with Crippen molar-refractivity contribution >= 4 is 41.3 Å². The molecule has 0 radical (unpaired) electrons. The molecule has 0 bridgehead atoms. The Balaban J connectivity index is 0.00000341. The van der Waals surface area contributed by atoms with E-state index in [0.29, 0.717) is 6.04 Å². The zero-order valence-electron chi connectivity index (χ0n) is 18.7. The average molecular weight is 559 g/mol. The normalized spacial score (nSPS) is 15.3. The number of methoxy groups -OCH3 is 2. The van der Waals surface area contributed by atoms with Crippen molar-refractivity contribution in [2.45, 2.75) is 32.2 Å². The molecule has 1 saturated heterocycles. The van der Waals surface area contributed by atoms with E-state index in [0.717, 1.165) is 43.5 Å². The molecule has 1 unspecified atom stereocenters. The summed E-state index contributed by atoms with van der Waals surface area (Å²) in [6, 6.07) is 10.8. The molecule has 1 atom stereocenters. The van der Waals surface area contributed by atoms with Gasteiger partial charge in [-0.15, -0.1) is 35.3 Å². The van der Waals surface area contributed by atoms with Gasteiger partial charge in [0.1, 0.15) is 0 Å². The Morgan fingerprint density at radius 1 is 1.13 bits per heavy atom. The fraction of sp³-hybridized carbons (Fsp3) is 0.522. The first kappa shape index (κ1) is 25.7. The lowest BCUT2D eigenvalue weighted by Gasteiger charge is -2.25. The van der Waals surface area contributed by atoms with Crippen LogP contribution in [-0.2, 0) is 6.42 Å². The van der Waals surface area contributed by atoms with Crippen molar-refractivity contribution in [1.82, 2.24) is 15.5 Å². The Labute approximate surface area is 207 Å². The van der Waals surface area contributed by atoms with Gasteiger partial charge < -0.3 is 20.1 Å². The lowest BCUT2D eigenvalue weighted by atomic mass is 10.1. The topological polar surface area (TPSA) is 58.1 Å². The average Bonchev–Trinajstić information content (AvgIpc) is 3.48. The summed E-state index contributed by atoms with van der Waals surface area (Å²) in [7, 11) is 3.32. The summed E-state index contributed by atoms with van der Waals surface area (Å²) in [4.78, 5) is 8.90. The number of ether oxygens (including phenoxy) is 2. The van der Waals surface area contributed by atoms with Gasteiger partial charge in [-0.2, -0.15) is 0 Å². The molecular weight excluding hydrogens is 523 g/mol. The Bertz CT molecular complexity index is 795. The maximum Gasteiger partial charge on any atom is 0.191 e. The fourth-order valence-electron chi connectivity index (χ4n) is 3.80. The lowest BCUT2D eigenvalue weighted by Crippen LogP contribution is -2.39. The van der Waals surface area contributed by atoms with E-state index in [1.165, 1.54) is 36.4 Å². The summed E-state index contributed by atoms with van der Waals surface area (Å²) >= 11 is 1.83. The van der Waals surface area contributed by atoms with Crippen LogP contribution in [0.25, 0.3) is 0 Å². The highest BCUT2D eigenvalue weighted by atomic mass is 127. The molecule has 0 aliphatic carbocycles.